The molecule has 4 heteroatoms. The number of rotatable bonds is 31. The lowest BCUT2D eigenvalue weighted by Gasteiger charge is -2.13. The second-order valence-corrected chi connectivity index (χ2v) is 12.4. The van der Waals surface area contributed by atoms with Crippen molar-refractivity contribution in [3.05, 3.63) is 23.8 Å². The lowest BCUT2D eigenvalue weighted by molar-refractivity contribution is 0.289. The van der Waals surface area contributed by atoms with E-state index in [4.69, 9.17) is 19.6 Å². The predicted octanol–water partition coefficient (Wildman–Crippen LogP) is 12.6. The Balaban J connectivity index is 2.13. The first-order valence-corrected chi connectivity index (χ1v) is 18.2. The van der Waals surface area contributed by atoms with E-state index in [0.717, 1.165) is 24.3 Å². The fourth-order valence-corrected chi connectivity index (χ4v) is 5.61. The van der Waals surface area contributed by atoms with Crippen molar-refractivity contribution < 1.29 is 14.2 Å². The summed E-state index contributed by atoms with van der Waals surface area (Å²) in [5.41, 5.74) is 0.709. The molecule has 0 saturated heterocycles. The smallest absolute Gasteiger partial charge is 0.213 e. The zero-order valence-corrected chi connectivity index (χ0v) is 28.3. The molecule has 1 rings (SSSR count). The minimum atomic E-state index is 0.146. The van der Waals surface area contributed by atoms with E-state index < -0.39 is 0 Å². The quantitative estimate of drug-likeness (QED) is 0.0534. The Hall–Kier alpha value is -1.71. The maximum atomic E-state index is 8.11. The van der Waals surface area contributed by atoms with E-state index in [2.05, 4.69) is 13.8 Å². The highest BCUT2D eigenvalue weighted by Crippen LogP contribution is 2.25. The Morgan fingerprint density at radius 3 is 1.02 bits per heavy atom. The van der Waals surface area contributed by atoms with Crippen molar-refractivity contribution in [3.8, 4) is 11.5 Å². The molecular formula is C38H69NO3. The summed E-state index contributed by atoms with van der Waals surface area (Å²) in [4.78, 5) is 0. The van der Waals surface area contributed by atoms with E-state index in [-0.39, 0.29) is 5.90 Å². The van der Waals surface area contributed by atoms with Crippen LogP contribution in [0.5, 0.6) is 11.5 Å². The van der Waals surface area contributed by atoms with E-state index in [0.29, 0.717) is 18.8 Å². The van der Waals surface area contributed by atoms with Gasteiger partial charge in [0.25, 0.3) is 0 Å². The molecule has 42 heavy (non-hydrogen) atoms. The van der Waals surface area contributed by atoms with E-state index in [1.54, 1.807) is 0 Å². The maximum absolute atomic E-state index is 8.11. The van der Waals surface area contributed by atoms with Crippen molar-refractivity contribution in [3.63, 3.8) is 0 Å². The normalized spacial score (nSPS) is 11.1. The zero-order valence-electron chi connectivity index (χ0n) is 28.3. The van der Waals surface area contributed by atoms with Crippen LogP contribution in [0.3, 0.4) is 0 Å². The first kappa shape index (κ1) is 38.3. The fraction of sp³-hybridized carbons (Fsp3) is 0.816. The van der Waals surface area contributed by atoms with Crippen LogP contribution in [0, 0.1) is 5.41 Å². The van der Waals surface area contributed by atoms with Gasteiger partial charge < -0.3 is 14.2 Å². The zero-order chi connectivity index (χ0) is 30.4. The Bertz CT molecular complexity index is 685. The van der Waals surface area contributed by atoms with Gasteiger partial charge in [-0.3, -0.25) is 5.41 Å². The largest absolute Gasteiger partial charge is 0.493 e. The molecule has 0 aliphatic rings. The molecule has 0 radical (unpaired) electrons. The molecule has 1 N–H and O–H groups in total. The number of methoxy groups -OCH3 is 1. The number of hydrogen-bond acceptors (Lipinski definition) is 4. The maximum Gasteiger partial charge on any atom is 0.213 e. The van der Waals surface area contributed by atoms with Gasteiger partial charge in [0.2, 0.25) is 5.90 Å². The molecular weight excluding hydrogens is 518 g/mol. The first-order chi connectivity index (χ1) is 20.7. The summed E-state index contributed by atoms with van der Waals surface area (Å²) in [6.45, 7) is 5.98. The molecule has 0 aliphatic carbocycles. The molecule has 244 valence electrons. The second-order valence-electron chi connectivity index (χ2n) is 12.4. The van der Waals surface area contributed by atoms with E-state index in [9.17, 15) is 0 Å². The molecule has 0 unspecified atom stereocenters. The summed E-state index contributed by atoms with van der Waals surface area (Å²) in [6, 6.07) is 5.76. The summed E-state index contributed by atoms with van der Waals surface area (Å²) in [5.74, 6) is 1.69. The molecule has 1 aromatic carbocycles. The highest BCUT2D eigenvalue weighted by molar-refractivity contribution is 5.92. The van der Waals surface area contributed by atoms with Gasteiger partial charge in [-0.2, -0.15) is 0 Å². The monoisotopic (exact) mass is 588 g/mol. The Labute approximate surface area is 261 Å². The number of benzene rings is 1. The minimum Gasteiger partial charge on any atom is -0.493 e. The predicted molar refractivity (Wildman–Crippen MR) is 183 cm³/mol. The second kappa shape index (κ2) is 29.4. The van der Waals surface area contributed by atoms with Gasteiger partial charge >= 0.3 is 0 Å². The topological polar surface area (TPSA) is 51.5 Å². The third-order valence-electron chi connectivity index (χ3n) is 8.38. The Kier molecular flexibility index (Phi) is 26.8. The van der Waals surface area contributed by atoms with Crippen molar-refractivity contribution in [2.45, 2.75) is 181 Å². The highest BCUT2D eigenvalue weighted by Gasteiger charge is 2.08. The van der Waals surface area contributed by atoms with Crippen LogP contribution in [-0.4, -0.2) is 26.2 Å². The fourth-order valence-electron chi connectivity index (χ4n) is 5.61. The molecule has 0 atom stereocenters. The third kappa shape index (κ3) is 22.8. The molecule has 4 nitrogen and oxygen atoms in total. The molecule has 0 aromatic heterocycles. The summed E-state index contributed by atoms with van der Waals surface area (Å²) in [6.07, 6.45) is 35.1. The molecule has 1 aromatic rings. The molecule has 0 aliphatic heterocycles. The van der Waals surface area contributed by atoms with Crippen molar-refractivity contribution in [2.75, 3.05) is 20.3 Å². The van der Waals surface area contributed by atoms with Gasteiger partial charge in [-0.25, -0.2) is 0 Å². The van der Waals surface area contributed by atoms with Crippen LogP contribution in [0.25, 0.3) is 0 Å². The molecule has 0 bridgehead atoms. The van der Waals surface area contributed by atoms with Crippen molar-refractivity contribution in [1.82, 2.24) is 0 Å². The molecule has 0 fully saturated rings. The molecule has 0 spiro atoms. The Morgan fingerprint density at radius 2 is 0.738 bits per heavy atom. The van der Waals surface area contributed by atoms with Gasteiger partial charge in [0.15, 0.2) is 0 Å². The summed E-state index contributed by atoms with van der Waals surface area (Å²) < 4.78 is 17.3. The van der Waals surface area contributed by atoms with Crippen molar-refractivity contribution in [2.24, 2.45) is 0 Å². The summed E-state index contributed by atoms with van der Waals surface area (Å²) in [7, 11) is 1.54. The Morgan fingerprint density at radius 1 is 0.452 bits per heavy atom. The highest BCUT2D eigenvalue weighted by atomic mass is 16.5. The van der Waals surface area contributed by atoms with E-state index in [1.165, 1.54) is 161 Å². The first-order valence-electron chi connectivity index (χ1n) is 18.2. The van der Waals surface area contributed by atoms with Gasteiger partial charge in [-0.15, -0.1) is 0 Å². The van der Waals surface area contributed by atoms with Gasteiger partial charge in [-0.1, -0.05) is 168 Å². The van der Waals surface area contributed by atoms with Gasteiger partial charge in [0.05, 0.1) is 20.3 Å². The van der Waals surface area contributed by atoms with Crippen molar-refractivity contribution >= 4 is 5.90 Å². The molecule has 0 heterocycles. The summed E-state index contributed by atoms with van der Waals surface area (Å²) in [5, 5.41) is 8.11. The standard InChI is InChI=1S/C38H69NO3/c1-4-6-8-10-12-14-16-18-20-22-24-26-28-30-41-36-32-35(38(39)40-3)33-37(34-36)42-31-29-27-25-23-21-19-17-15-13-11-9-7-5-2/h32-34,39H,4-31H2,1-3H3. The van der Waals surface area contributed by atoms with Gasteiger partial charge in [0.1, 0.15) is 11.5 Å². The van der Waals surface area contributed by atoms with E-state index >= 15 is 0 Å². The number of ether oxygens (including phenoxy) is 3. The third-order valence-corrected chi connectivity index (χ3v) is 8.38. The lowest BCUT2D eigenvalue weighted by Crippen LogP contribution is -2.05. The van der Waals surface area contributed by atoms with Gasteiger partial charge in [0, 0.05) is 11.6 Å². The number of unbranched alkanes of at least 4 members (excludes halogenated alkanes) is 24. The average molecular weight is 588 g/mol. The van der Waals surface area contributed by atoms with Crippen LogP contribution in [0.2, 0.25) is 0 Å². The number of hydrogen-bond donors (Lipinski definition) is 1. The molecule has 0 saturated carbocycles. The van der Waals surface area contributed by atoms with Gasteiger partial charge in [-0.05, 0) is 25.0 Å². The molecule has 0 amide bonds. The van der Waals surface area contributed by atoms with Crippen LogP contribution in [0.1, 0.15) is 186 Å². The van der Waals surface area contributed by atoms with Crippen molar-refractivity contribution in [1.29, 1.82) is 5.41 Å². The number of nitrogens with one attached hydrogen (secondary N) is 1. The van der Waals surface area contributed by atoms with Crippen LogP contribution < -0.4 is 9.47 Å². The average Bonchev–Trinajstić information content (AvgIpc) is 3.00. The van der Waals surface area contributed by atoms with Crippen LogP contribution in [0.4, 0.5) is 0 Å². The lowest BCUT2D eigenvalue weighted by atomic mass is 10.0. The minimum absolute atomic E-state index is 0.146. The van der Waals surface area contributed by atoms with Crippen LogP contribution in [0.15, 0.2) is 18.2 Å². The summed E-state index contributed by atoms with van der Waals surface area (Å²) >= 11 is 0. The van der Waals surface area contributed by atoms with Crippen LogP contribution >= 0.6 is 0 Å². The van der Waals surface area contributed by atoms with Crippen LogP contribution in [-0.2, 0) is 4.74 Å². The van der Waals surface area contributed by atoms with E-state index in [1.807, 2.05) is 18.2 Å². The SMILES string of the molecule is CCCCCCCCCCCCCCCOc1cc(OCCCCCCCCCCCCCCC)cc(C(=N)OC)c1.